The minimum atomic E-state index is -0.611. The van der Waals surface area contributed by atoms with E-state index in [1.54, 1.807) is 31.1 Å². The molecular weight excluding hydrogens is 363 g/mol. The van der Waals surface area contributed by atoms with Crippen LogP contribution in [-0.2, 0) is 6.54 Å². The van der Waals surface area contributed by atoms with Crippen LogP contribution in [0.15, 0.2) is 42.9 Å². The number of hydrogen-bond donors (Lipinski definition) is 1. The molecule has 0 unspecified atom stereocenters. The van der Waals surface area contributed by atoms with Crippen LogP contribution in [0.3, 0.4) is 0 Å². The lowest BCUT2D eigenvalue weighted by molar-refractivity contribution is 0.112. The first kappa shape index (κ1) is 17.7. The van der Waals surface area contributed by atoms with Gasteiger partial charge >= 0.3 is 0 Å². The SMILES string of the molecule is COc1ccc(CNc2nc3cc(F)c(C=O)cc3n3cncc23)cc1OC. The van der Waals surface area contributed by atoms with E-state index in [-0.39, 0.29) is 5.56 Å². The van der Waals surface area contributed by atoms with Gasteiger partial charge in [-0.3, -0.25) is 9.20 Å². The number of aldehydes is 1. The molecule has 0 aliphatic heterocycles. The molecule has 4 aromatic rings. The number of methoxy groups -OCH3 is 2. The summed E-state index contributed by atoms with van der Waals surface area (Å²) >= 11 is 0. The van der Waals surface area contributed by atoms with Crippen LogP contribution < -0.4 is 14.8 Å². The lowest BCUT2D eigenvalue weighted by atomic mass is 10.2. The smallest absolute Gasteiger partial charge is 0.161 e. The fourth-order valence-corrected chi connectivity index (χ4v) is 3.09. The van der Waals surface area contributed by atoms with Gasteiger partial charge in [0.05, 0.1) is 43.3 Å². The van der Waals surface area contributed by atoms with E-state index >= 15 is 0 Å². The summed E-state index contributed by atoms with van der Waals surface area (Å²) in [7, 11) is 3.16. The molecule has 4 rings (SSSR count). The van der Waals surface area contributed by atoms with Gasteiger partial charge in [-0.05, 0) is 23.8 Å². The van der Waals surface area contributed by atoms with Crippen LogP contribution in [-0.4, -0.2) is 34.9 Å². The van der Waals surface area contributed by atoms with Crippen molar-refractivity contribution >= 4 is 28.7 Å². The van der Waals surface area contributed by atoms with Gasteiger partial charge in [0.25, 0.3) is 0 Å². The normalized spacial score (nSPS) is 11.0. The highest BCUT2D eigenvalue weighted by atomic mass is 19.1. The van der Waals surface area contributed by atoms with E-state index in [1.165, 1.54) is 12.1 Å². The minimum absolute atomic E-state index is 0.0182. The molecule has 0 fully saturated rings. The van der Waals surface area contributed by atoms with Crippen LogP contribution in [0, 0.1) is 5.82 Å². The Hall–Kier alpha value is -3.68. The van der Waals surface area contributed by atoms with E-state index in [2.05, 4.69) is 15.3 Å². The molecule has 8 heteroatoms. The zero-order valence-corrected chi connectivity index (χ0v) is 15.3. The maximum Gasteiger partial charge on any atom is 0.161 e. The Morgan fingerprint density at radius 2 is 1.96 bits per heavy atom. The summed E-state index contributed by atoms with van der Waals surface area (Å²) in [6, 6.07) is 8.33. The number of benzene rings is 2. The van der Waals surface area contributed by atoms with Gasteiger partial charge in [-0.25, -0.2) is 14.4 Å². The molecule has 0 spiro atoms. The summed E-state index contributed by atoms with van der Waals surface area (Å²) in [6.07, 6.45) is 3.75. The quantitative estimate of drug-likeness (QED) is 0.516. The highest BCUT2D eigenvalue weighted by Gasteiger charge is 2.13. The molecule has 0 bridgehead atoms. The van der Waals surface area contributed by atoms with E-state index in [0.29, 0.717) is 41.2 Å². The molecule has 0 aliphatic rings. The van der Waals surface area contributed by atoms with Gasteiger partial charge in [0, 0.05) is 12.6 Å². The molecule has 2 aromatic carbocycles. The van der Waals surface area contributed by atoms with E-state index in [4.69, 9.17) is 9.47 Å². The number of carbonyl (C=O) groups excluding carboxylic acids is 1. The molecule has 0 radical (unpaired) electrons. The molecule has 0 saturated heterocycles. The van der Waals surface area contributed by atoms with Crippen LogP contribution in [0.25, 0.3) is 16.6 Å². The molecule has 0 atom stereocenters. The average molecular weight is 380 g/mol. The number of carbonyl (C=O) groups is 1. The number of rotatable bonds is 6. The number of nitrogens with zero attached hydrogens (tertiary/aromatic N) is 3. The topological polar surface area (TPSA) is 77.8 Å². The Balaban J connectivity index is 1.72. The summed E-state index contributed by atoms with van der Waals surface area (Å²) in [6.45, 7) is 0.467. The van der Waals surface area contributed by atoms with Crippen molar-refractivity contribution in [3.63, 3.8) is 0 Å². The Bertz CT molecular complexity index is 1190. The van der Waals surface area contributed by atoms with Crippen LogP contribution in [0.5, 0.6) is 11.5 Å². The van der Waals surface area contributed by atoms with Gasteiger partial charge in [-0.1, -0.05) is 6.07 Å². The number of imidazole rings is 1. The van der Waals surface area contributed by atoms with Crippen molar-refractivity contribution in [1.82, 2.24) is 14.4 Å². The van der Waals surface area contributed by atoms with Crippen LogP contribution in [0.1, 0.15) is 15.9 Å². The Labute approximate surface area is 159 Å². The third-order valence-electron chi connectivity index (χ3n) is 4.50. The molecule has 0 aliphatic carbocycles. The standard InChI is InChI=1S/C20H17FN4O3/c1-27-18-4-3-12(5-19(18)28-2)8-23-20-17-9-22-11-25(17)16-6-13(10-26)14(21)7-15(16)24-20/h3-7,9-11H,8H2,1-2H3,(H,23,24). The summed E-state index contributed by atoms with van der Waals surface area (Å²) < 4.78 is 26.4. The summed E-state index contributed by atoms with van der Waals surface area (Å²) in [4.78, 5) is 19.7. The van der Waals surface area contributed by atoms with Gasteiger partial charge in [0.2, 0.25) is 0 Å². The molecule has 1 N–H and O–H groups in total. The van der Waals surface area contributed by atoms with Gasteiger partial charge in [0.15, 0.2) is 23.6 Å². The van der Waals surface area contributed by atoms with Gasteiger partial charge in [-0.2, -0.15) is 0 Å². The van der Waals surface area contributed by atoms with E-state index in [0.717, 1.165) is 11.1 Å². The number of ether oxygens (including phenoxy) is 2. The van der Waals surface area contributed by atoms with Crippen molar-refractivity contribution in [2.75, 3.05) is 19.5 Å². The highest BCUT2D eigenvalue weighted by Crippen LogP contribution is 2.28. The van der Waals surface area contributed by atoms with E-state index in [9.17, 15) is 9.18 Å². The van der Waals surface area contributed by atoms with Crippen molar-refractivity contribution in [2.24, 2.45) is 0 Å². The molecule has 0 saturated carbocycles. The van der Waals surface area contributed by atoms with Crippen LogP contribution >= 0.6 is 0 Å². The fraction of sp³-hybridized carbons (Fsp3) is 0.150. The maximum atomic E-state index is 14.0. The molecule has 142 valence electrons. The second-order valence-electron chi connectivity index (χ2n) is 6.13. The second kappa shape index (κ2) is 7.15. The van der Waals surface area contributed by atoms with Gasteiger partial charge in [0.1, 0.15) is 11.3 Å². The second-order valence-corrected chi connectivity index (χ2v) is 6.13. The Morgan fingerprint density at radius 3 is 2.71 bits per heavy atom. The lowest BCUT2D eigenvalue weighted by Crippen LogP contribution is -2.05. The number of hydrogen-bond acceptors (Lipinski definition) is 6. The highest BCUT2D eigenvalue weighted by molar-refractivity contribution is 5.89. The van der Waals surface area contributed by atoms with Crippen molar-refractivity contribution in [3.8, 4) is 11.5 Å². The largest absolute Gasteiger partial charge is 0.493 e. The molecule has 7 nitrogen and oxygen atoms in total. The van der Waals surface area contributed by atoms with E-state index in [1.807, 2.05) is 18.2 Å². The average Bonchev–Trinajstić information content (AvgIpc) is 3.21. The lowest BCUT2D eigenvalue weighted by Gasteiger charge is -2.12. The number of halogens is 1. The zero-order chi connectivity index (χ0) is 19.7. The van der Waals surface area contributed by atoms with E-state index < -0.39 is 5.82 Å². The molecule has 28 heavy (non-hydrogen) atoms. The van der Waals surface area contributed by atoms with Gasteiger partial charge in [-0.15, -0.1) is 0 Å². The Morgan fingerprint density at radius 1 is 1.14 bits per heavy atom. The maximum absolute atomic E-state index is 14.0. The summed E-state index contributed by atoms with van der Waals surface area (Å²) in [5.74, 6) is 1.22. The molecular formula is C20H17FN4O3. The fourth-order valence-electron chi connectivity index (χ4n) is 3.09. The Kier molecular flexibility index (Phi) is 4.52. The predicted molar refractivity (Wildman–Crippen MR) is 103 cm³/mol. The first-order chi connectivity index (χ1) is 13.6. The predicted octanol–water partition coefficient (Wildman–Crippen LogP) is 3.46. The van der Waals surface area contributed by atoms with Crippen molar-refractivity contribution in [1.29, 1.82) is 0 Å². The number of nitrogens with one attached hydrogen (secondary N) is 1. The monoisotopic (exact) mass is 380 g/mol. The van der Waals surface area contributed by atoms with Crippen molar-refractivity contribution < 1.29 is 18.7 Å². The first-order valence-corrected chi connectivity index (χ1v) is 8.50. The van der Waals surface area contributed by atoms with Crippen molar-refractivity contribution in [3.05, 3.63) is 59.8 Å². The van der Waals surface area contributed by atoms with Crippen LogP contribution in [0.2, 0.25) is 0 Å². The third-order valence-corrected chi connectivity index (χ3v) is 4.50. The van der Waals surface area contributed by atoms with Gasteiger partial charge < -0.3 is 14.8 Å². The number of anilines is 1. The third kappa shape index (κ3) is 2.98. The minimum Gasteiger partial charge on any atom is -0.493 e. The van der Waals surface area contributed by atoms with Crippen molar-refractivity contribution in [2.45, 2.75) is 6.54 Å². The number of aromatic nitrogens is 3. The first-order valence-electron chi connectivity index (χ1n) is 8.50. The van der Waals surface area contributed by atoms with Crippen LogP contribution in [0.4, 0.5) is 10.2 Å². The summed E-state index contributed by atoms with van der Waals surface area (Å²) in [5.41, 5.74) is 2.68. The molecule has 0 amide bonds. The summed E-state index contributed by atoms with van der Waals surface area (Å²) in [5, 5.41) is 3.26. The molecule has 2 aromatic heterocycles. The number of fused-ring (bicyclic) bond motifs is 3. The molecule has 2 heterocycles. The zero-order valence-electron chi connectivity index (χ0n) is 15.3.